The summed E-state index contributed by atoms with van der Waals surface area (Å²) < 4.78 is 23.7. The van der Waals surface area contributed by atoms with Gasteiger partial charge in [-0.05, 0) is 35.4 Å². The molecule has 0 radical (unpaired) electrons. The zero-order valence-electron chi connectivity index (χ0n) is 11.1. The first-order valence-corrected chi connectivity index (χ1v) is 6.29. The van der Waals surface area contributed by atoms with Crippen LogP contribution in [0.25, 0.3) is 0 Å². The van der Waals surface area contributed by atoms with Gasteiger partial charge in [-0.2, -0.15) is 0 Å². The summed E-state index contributed by atoms with van der Waals surface area (Å²) >= 11 is 5.63. The van der Waals surface area contributed by atoms with Crippen LogP contribution in [0.5, 0.6) is 11.5 Å². The fourth-order valence-electron chi connectivity index (χ4n) is 1.86. The van der Waals surface area contributed by atoms with Crippen LogP contribution in [0.2, 0.25) is 5.02 Å². The zero-order chi connectivity index (χ0) is 14.7. The lowest BCUT2D eigenvalue weighted by atomic mass is 10.0. The van der Waals surface area contributed by atoms with E-state index in [-0.39, 0.29) is 5.02 Å². The first-order chi connectivity index (χ1) is 9.55. The van der Waals surface area contributed by atoms with Crippen LogP contribution < -0.4 is 9.47 Å². The van der Waals surface area contributed by atoms with Gasteiger partial charge in [0.05, 0.1) is 19.2 Å². The van der Waals surface area contributed by atoms with Crippen molar-refractivity contribution < 1.29 is 19.0 Å². The second kappa shape index (κ2) is 6.11. The number of halogens is 2. The van der Waals surface area contributed by atoms with Gasteiger partial charge < -0.3 is 14.6 Å². The number of hydrogen-bond donors (Lipinski definition) is 1. The summed E-state index contributed by atoms with van der Waals surface area (Å²) in [5.74, 6) is 0.527. The van der Waals surface area contributed by atoms with Gasteiger partial charge in [0.15, 0.2) is 0 Å². The van der Waals surface area contributed by atoms with E-state index in [0.29, 0.717) is 22.6 Å². The largest absolute Gasteiger partial charge is 0.497 e. The molecule has 1 atom stereocenters. The molecule has 106 valence electrons. The highest BCUT2D eigenvalue weighted by molar-refractivity contribution is 6.30. The molecule has 3 nitrogen and oxygen atoms in total. The number of benzene rings is 2. The highest BCUT2D eigenvalue weighted by Crippen LogP contribution is 2.31. The molecule has 0 heterocycles. The molecule has 5 heteroatoms. The van der Waals surface area contributed by atoms with E-state index >= 15 is 0 Å². The number of aliphatic hydroxyl groups is 1. The first kappa shape index (κ1) is 14.6. The first-order valence-electron chi connectivity index (χ1n) is 5.91. The average Bonchev–Trinajstić information content (AvgIpc) is 2.48. The highest BCUT2D eigenvalue weighted by Gasteiger charge is 2.15. The quantitative estimate of drug-likeness (QED) is 0.937. The molecule has 0 fully saturated rings. The Balaban J connectivity index is 2.41. The van der Waals surface area contributed by atoms with Gasteiger partial charge in [0.2, 0.25) is 0 Å². The average molecular weight is 297 g/mol. The predicted octanol–water partition coefficient (Wildman–Crippen LogP) is 3.58. The number of hydrogen-bond acceptors (Lipinski definition) is 3. The normalized spacial score (nSPS) is 12.1. The number of rotatable bonds is 4. The number of aliphatic hydroxyl groups excluding tert-OH is 1. The van der Waals surface area contributed by atoms with Crippen molar-refractivity contribution >= 4 is 11.6 Å². The fourth-order valence-corrected chi connectivity index (χ4v) is 1.98. The van der Waals surface area contributed by atoms with Crippen molar-refractivity contribution in [2.24, 2.45) is 0 Å². The van der Waals surface area contributed by atoms with Crippen molar-refractivity contribution in [3.63, 3.8) is 0 Å². The molecule has 0 spiro atoms. The van der Waals surface area contributed by atoms with E-state index in [4.69, 9.17) is 21.1 Å². The molecule has 0 aromatic heterocycles. The zero-order valence-corrected chi connectivity index (χ0v) is 11.8. The van der Waals surface area contributed by atoms with E-state index in [2.05, 4.69) is 0 Å². The topological polar surface area (TPSA) is 38.7 Å². The number of methoxy groups -OCH3 is 2. The van der Waals surface area contributed by atoms with Crippen LogP contribution in [0.4, 0.5) is 4.39 Å². The molecule has 2 rings (SSSR count). The van der Waals surface area contributed by atoms with Crippen molar-refractivity contribution in [3.8, 4) is 11.5 Å². The third kappa shape index (κ3) is 3.03. The Labute approximate surface area is 121 Å². The lowest BCUT2D eigenvalue weighted by molar-refractivity contribution is 0.218. The lowest BCUT2D eigenvalue weighted by Gasteiger charge is -2.14. The molecule has 0 amide bonds. The molecule has 0 aliphatic carbocycles. The van der Waals surface area contributed by atoms with E-state index in [0.717, 1.165) is 0 Å². The summed E-state index contributed by atoms with van der Waals surface area (Å²) in [6, 6.07) is 9.21. The van der Waals surface area contributed by atoms with Gasteiger partial charge in [0.1, 0.15) is 23.4 Å². The summed E-state index contributed by atoms with van der Waals surface area (Å²) in [5, 5.41) is 10.3. The maximum absolute atomic E-state index is 13.5. The molecule has 0 saturated carbocycles. The van der Waals surface area contributed by atoms with Crippen LogP contribution in [0.1, 0.15) is 17.2 Å². The molecule has 2 aromatic carbocycles. The second-order valence-corrected chi connectivity index (χ2v) is 4.63. The Bertz CT molecular complexity index is 594. The Hall–Kier alpha value is -1.78. The predicted molar refractivity (Wildman–Crippen MR) is 75.0 cm³/mol. The minimum absolute atomic E-state index is 0.0178. The third-order valence-electron chi connectivity index (χ3n) is 2.95. The van der Waals surface area contributed by atoms with E-state index in [9.17, 15) is 9.50 Å². The second-order valence-electron chi connectivity index (χ2n) is 4.22. The van der Waals surface area contributed by atoms with Gasteiger partial charge in [0, 0.05) is 6.07 Å². The Morgan fingerprint density at radius 2 is 1.60 bits per heavy atom. The lowest BCUT2D eigenvalue weighted by Crippen LogP contribution is -2.01. The summed E-state index contributed by atoms with van der Waals surface area (Å²) in [5.41, 5.74) is 0.949. The van der Waals surface area contributed by atoms with E-state index in [1.165, 1.54) is 26.4 Å². The summed E-state index contributed by atoms with van der Waals surface area (Å²) in [6.45, 7) is 0. The SMILES string of the molecule is COc1cc(OC)cc(C(O)c2ccc(Cl)c(F)c2)c1. The molecule has 1 unspecified atom stereocenters. The number of ether oxygens (including phenoxy) is 2. The fraction of sp³-hybridized carbons (Fsp3) is 0.200. The van der Waals surface area contributed by atoms with Crippen molar-refractivity contribution in [2.75, 3.05) is 14.2 Å². The summed E-state index contributed by atoms with van der Waals surface area (Å²) in [4.78, 5) is 0. The van der Waals surface area contributed by atoms with Crippen LogP contribution in [-0.2, 0) is 0 Å². The Morgan fingerprint density at radius 1 is 1.00 bits per heavy atom. The summed E-state index contributed by atoms with van der Waals surface area (Å²) in [7, 11) is 3.04. The van der Waals surface area contributed by atoms with Crippen molar-refractivity contribution in [3.05, 3.63) is 58.4 Å². The van der Waals surface area contributed by atoms with Crippen LogP contribution in [-0.4, -0.2) is 19.3 Å². The standard InChI is InChI=1S/C15H14ClFO3/c1-19-11-5-10(6-12(8-11)20-2)15(18)9-3-4-13(16)14(17)7-9/h3-8,15,18H,1-2H3. The molecule has 0 aliphatic rings. The highest BCUT2D eigenvalue weighted by atomic mass is 35.5. The van der Waals surface area contributed by atoms with Crippen LogP contribution in [0.15, 0.2) is 36.4 Å². The minimum Gasteiger partial charge on any atom is -0.497 e. The van der Waals surface area contributed by atoms with Gasteiger partial charge in [-0.3, -0.25) is 0 Å². The maximum Gasteiger partial charge on any atom is 0.142 e. The summed E-state index contributed by atoms with van der Waals surface area (Å²) in [6.07, 6.45) is -0.995. The van der Waals surface area contributed by atoms with Gasteiger partial charge in [-0.25, -0.2) is 4.39 Å². The molecular formula is C15H14ClFO3. The third-order valence-corrected chi connectivity index (χ3v) is 3.26. The smallest absolute Gasteiger partial charge is 0.142 e. The molecule has 0 bridgehead atoms. The van der Waals surface area contributed by atoms with Crippen LogP contribution in [0.3, 0.4) is 0 Å². The van der Waals surface area contributed by atoms with Crippen molar-refractivity contribution in [2.45, 2.75) is 6.10 Å². The minimum atomic E-state index is -0.995. The Kier molecular flexibility index (Phi) is 4.47. The van der Waals surface area contributed by atoms with Gasteiger partial charge in [0.25, 0.3) is 0 Å². The van der Waals surface area contributed by atoms with Crippen molar-refractivity contribution in [1.82, 2.24) is 0 Å². The van der Waals surface area contributed by atoms with Crippen LogP contribution in [0, 0.1) is 5.82 Å². The van der Waals surface area contributed by atoms with Gasteiger partial charge in [-0.15, -0.1) is 0 Å². The molecular weight excluding hydrogens is 283 g/mol. The molecule has 20 heavy (non-hydrogen) atoms. The maximum atomic E-state index is 13.5. The van der Waals surface area contributed by atoms with E-state index < -0.39 is 11.9 Å². The monoisotopic (exact) mass is 296 g/mol. The molecule has 1 N–H and O–H groups in total. The molecule has 0 saturated heterocycles. The van der Waals surface area contributed by atoms with E-state index in [1.807, 2.05) is 0 Å². The molecule has 0 aliphatic heterocycles. The van der Waals surface area contributed by atoms with Crippen LogP contribution >= 0.6 is 11.6 Å². The van der Waals surface area contributed by atoms with Gasteiger partial charge >= 0.3 is 0 Å². The Morgan fingerprint density at radius 3 is 2.10 bits per heavy atom. The van der Waals surface area contributed by atoms with Gasteiger partial charge in [-0.1, -0.05) is 17.7 Å². The molecule has 2 aromatic rings. The van der Waals surface area contributed by atoms with E-state index in [1.54, 1.807) is 24.3 Å². The van der Waals surface area contributed by atoms with Crippen molar-refractivity contribution in [1.29, 1.82) is 0 Å².